The van der Waals surface area contributed by atoms with Gasteiger partial charge in [0.05, 0.1) is 0 Å². The molecule has 17 heavy (non-hydrogen) atoms. The third-order valence-corrected chi connectivity index (χ3v) is 3.16. The van der Waals surface area contributed by atoms with Crippen LogP contribution in [0, 0.1) is 12.8 Å². The van der Waals surface area contributed by atoms with Crippen molar-refractivity contribution in [2.45, 2.75) is 13.3 Å². The zero-order chi connectivity index (χ0) is 12.6. The van der Waals surface area contributed by atoms with Gasteiger partial charge in [-0.3, -0.25) is 4.79 Å². The van der Waals surface area contributed by atoms with Gasteiger partial charge in [0.1, 0.15) is 0 Å². The molecule has 0 spiro atoms. The number of rotatable bonds is 2. The number of carbonyl (C=O) groups is 2. The first kappa shape index (κ1) is 11.9. The number of hydrogen-bond acceptors (Lipinski definition) is 3. The number of nitrogens with zero attached hydrogens (tertiary/aromatic N) is 1. The van der Waals surface area contributed by atoms with Gasteiger partial charge < -0.3 is 14.8 Å². The van der Waals surface area contributed by atoms with Crippen LogP contribution in [0.15, 0.2) is 18.2 Å². The van der Waals surface area contributed by atoms with Crippen LogP contribution in [0.5, 0.6) is 0 Å². The summed E-state index contributed by atoms with van der Waals surface area (Å²) in [7, 11) is 0. The summed E-state index contributed by atoms with van der Waals surface area (Å²) >= 11 is 5.88. The summed E-state index contributed by atoms with van der Waals surface area (Å²) in [6.07, 6.45) is -0.00567. The minimum atomic E-state index is -1.18. The van der Waals surface area contributed by atoms with Crippen molar-refractivity contribution >= 4 is 29.2 Å². The molecule has 1 aliphatic rings. The minimum absolute atomic E-state index is 0.00567. The van der Waals surface area contributed by atoms with Crippen LogP contribution in [0.25, 0.3) is 0 Å². The zero-order valence-electron chi connectivity index (χ0n) is 9.27. The lowest BCUT2D eigenvalue weighted by molar-refractivity contribution is -0.310. The van der Waals surface area contributed by atoms with Crippen LogP contribution in [-0.2, 0) is 9.59 Å². The summed E-state index contributed by atoms with van der Waals surface area (Å²) in [5.41, 5.74) is 1.56. The molecule has 1 aromatic carbocycles. The third kappa shape index (κ3) is 2.26. The van der Waals surface area contributed by atoms with Crippen LogP contribution in [0.1, 0.15) is 12.0 Å². The number of hydrogen-bond donors (Lipinski definition) is 0. The van der Waals surface area contributed by atoms with Crippen molar-refractivity contribution < 1.29 is 14.7 Å². The van der Waals surface area contributed by atoms with Gasteiger partial charge in [0.25, 0.3) is 0 Å². The molecule has 0 aliphatic carbocycles. The van der Waals surface area contributed by atoms with Crippen LogP contribution in [0.2, 0.25) is 5.02 Å². The van der Waals surface area contributed by atoms with E-state index in [1.54, 1.807) is 18.2 Å². The first-order valence-corrected chi connectivity index (χ1v) is 5.64. The molecule has 1 amide bonds. The minimum Gasteiger partial charge on any atom is -0.550 e. The number of carboxylic acids is 1. The van der Waals surface area contributed by atoms with Gasteiger partial charge in [-0.15, -0.1) is 0 Å². The highest BCUT2D eigenvalue weighted by atomic mass is 35.5. The fraction of sp³-hybridized carbons (Fsp3) is 0.333. The Balaban J connectivity index is 2.32. The molecule has 5 heteroatoms. The second kappa shape index (κ2) is 4.37. The highest BCUT2D eigenvalue weighted by Gasteiger charge is 2.32. The van der Waals surface area contributed by atoms with Crippen LogP contribution < -0.4 is 10.0 Å². The number of anilines is 1. The van der Waals surface area contributed by atoms with E-state index in [4.69, 9.17) is 11.6 Å². The summed E-state index contributed by atoms with van der Waals surface area (Å²) < 4.78 is 0. The Morgan fingerprint density at radius 3 is 2.82 bits per heavy atom. The zero-order valence-corrected chi connectivity index (χ0v) is 10.0. The van der Waals surface area contributed by atoms with E-state index in [-0.39, 0.29) is 18.9 Å². The van der Waals surface area contributed by atoms with Gasteiger partial charge in [-0.25, -0.2) is 0 Å². The van der Waals surface area contributed by atoms with Gasteiger partial charge in [0, 0.05) is 35.6 Å². The number of aliphatic carboxylic acids is 1. The molecule has 0 radical (unpaired) electrons. The molecule has 1 aromatic rings. The fourth-order valence-electron chi connectivity index (χ4n) is 1.97. The van der Waals surface area contributed by atoms with Crippen molar-refractivity contribution in [3.05, 3.63) is 28.8 Å². The molecule has 90 valence electrons. The highest BCUT2D eigenvalue weighted by Crippen LogP contribution is 2.29. The van der Waals surface area contributed by atoms with Crippen molar-refractivity contribution in [1.29, 1.82) is 0 Å². The topological polar surface area (TPSA) is 60.4 Å². The number of carbonyl (C=O) groups excluding carboxylic acids is 2. The molecular formula is C12H11ClNO3-. The molecular weight excluding hydrogens is 242 g/mol. The molecule has 2 rings (SSSR count). The van der Waals surface area contributed by atoms with Crippen molar-refractivity contribution in [2.24, 2.45) is 5.92 Å². The number of aryl methyl sites for hydroxylation is 1. The van der Waals surface area contributed by atoms with Crippen molar-refractivity contribution in [3.63, 3.8) is 0 Å². The summed E-state index contributed by atoms with van der Waals surface area (Å²) in [4.78, 5) is 24.0. The Labute approximate surface area is 104 Å². The number of benzene rings is 1. The van der Waals surface area contributed by atoms with E-state index < -0.39 is 11.9 Å². The Morgan fingerprint density at radius 2 is 2.24 bits per heavy atom. The van der Waals surface area contributed by atoms with E-state index in [1.807, 2.05) is 6.92 Å². The van der Waals surface area contributed by atoms with Gasteiger partial charge in [-0.2, -0.15) is 0 Å². The van der Waals surface area contributed by atoms with Gasteiger partial charge in [0.2, 0.25) is 5.91 Å². The second-order valence-electron chi connectivity index (χ2n) is 4.16. The van der Waals surface area contributed by atoms with E-state index >= 15 is 0 Å². The molecule has 1 unspecified atom stereocenters. The lowest BCUT2D eigenvalue weighted by Gasteiger charge is -2.19. The molecule has 0 N–H and O–H groups in total. The maximum Gasteiger partial charge on any atom is 0.227 e. The van der Waals surface area contributed by atoms with Crippen molar-refractivity contribution in [2.75, 3.05) is 11.4 Å². The summed E-state index contributed by atoms with van der Waals surface area (Å²) in [5.74, 6) is -2.12. The van der Waals surface area contributed by atoms with E-state index in [9.17, 15) is 14.7 Å². The Hall–Kier alpha value is -1.55. The smallest absolute Gasteiger partial charge is 0.227 e. The SMILES string of the molecule is Cc1ccc(Cl)cc1N1CC(C(=O)[O-])CC1=O. The molecule has 4 nitrogen and oxygen atoms in total. The summed E-state index contributed by atoms with van der Waals surface area (Å²) in [5, 5.41) is 11.3. The molecule has 0 saturated carbocycles. The quantitative estimate of drug-likeness (QED) is 0.780. The maximum absolute atomic E-state index is 11.7. The first-order chi connectivity index (χ1) is 7.99. The van der Waals surface area contributed by atoms with E-state index in [0.29, 0.717) is 10.7 Å². The standard InChI is InChI=1S/C12H12ClNO3/c1-7-2-3-9(13)5-10(7)14-6-8(12(16)17)4-11(14)15/h2-3,5,8H,4,6H2,1H3,(H,16,17)/p-1. The van der Waals surface area contributed by atoms with Gasteiger partial charge in [0.15, 0.2) is 0 Å². The molecule has 1 fully saturated rings. The first-order valence-electron chi connectivity index (χ1n) is 5.26. The van der Waals surface area contributed by atoms with Gasteiger partial charge >= 0.3 is 0 Å². The van der Waals surface area contributed by atoms with Crippen LogP contribution in [-0.4, -0.2) is 18.4 Å². The molecule has 1 saturated heterocycles. The normalized spacial score (nSPS) is 19.8. The number of amides is 1. The van der Waals surface area contributed by atoms with Crippen LogP contribution >= 0.6 is 11.6 Å². The monoisotopic (exact) mass is 252 g/mol. The Kier molecular flexibility index (Phi) is 3.07. The van der Waals surface area contributed by atoms with Gasteiger partial charge in [-0.05, 0) is 24.6 Å². The van der Waals surface area contributed by atoms with Crippen molar-refractivity contribution in [3.8, 4) is 0 Å². The average Bonchev–Trinajstić information content (AvgIpc) is 2.64. The number of carboxylic acid groups (broad SMARTS) is 1. The van der Waals surface area contributed by atoms with Crippen LogP contribution in [0.4, 0.5) is 5.69 Å². The molecule has 1 heterocycles. The van der Waals surface area contributed by atoms with E-state index in [2.05, 4.69) is 0 Å². The number of halogens is 1. The molecule has 0 aromatic heterocycles. The average molecular weight is 253 g/mol. The largest absolute Gasteiger partial charge is 0.550 e. The van der Waals surface area contributed by atoms with Crippen LogP contribution in [0.3, 0.4) is 0 Å². The maximum atomic E-state index is 11.7. The van der Waals surface area contributed by atoms with E-state index in [0.717, 1.165) is 5.56 Å². The summed E-state index contributed by atoms with van der Waals surface area (Å²) in [6, 6.07) is 5.21. The highest BCUT2D eigenvalue weighted by molar-refractivity contribution is 6.31. The predicted octanol–water partition coefficient (Wildman–Crippen LogP) is 0.751. The lowest BCUT2D eigenvalue weighted by Crippen LogP contribution is -2.33. The molecule has 1 atom stereocenters. The van der Waals surface area contributed by atoms with Gasteiger partial charge in [-0.1, -0.05) is 17.7 Å². The predicted molar refractivity (Wildman–Crippen MR) is 61.7 cm³/mol. The molecule has 0 bridgehead atoms. The lowest BCUT2D eigenvalue weighted by atomic mass is 10.1. The fourth-order valence-corrected chi connectivity index (χ4v) is 2.14. The molecule has 1 aliphatic heterocycles. The van der Waals surface area contributed by atoms with E-state index in [1.165, 1.54) is 4.90 Å². The van der Waals surface area contributed by atoms with Crippen molar-refractivity contribution in [1.82, 2.24) is 0 Å². The Bertz CT molecular complexity index is 487. The Morgan fingerprint density at radius 1 is 1.53 bits per heavy atom. The third-order valence-electron chi connectivity index (χ3n) is 2.92. The second-order valence-corrected chi connectivity index (χ2v) is 4.59. The summed E-state index contributed by atoms with van der Waals surface area (Å²) in [6.45, 7) is 2.01.